The van der Waals surface area contributed by atoms with Crippen LogP contribution in [0, 0.1) is 0 Å². The van der Waals surface area contributed by atoms with Crippen LogP contribution in [0.15, 0.2) is 11.4 Å². The summed E-state index contributed by atoms with van der Waals surface area (Å²) < 4.78 is 2.79. The van der Waals surface area contributed by atoms with Crippen LogP contribution in [0.1, 0.15) is 22.5 Å². The van der Waals surface area contributed by atoms with E-state index in [0.717, 1.165) is 0 Å². The molecule has 2 aromatic rings. The molecule has 0 saturated carbocycles. The molecule has 0 aromatic carbocycles. The van der Waals surface area contributed by atoms with Crippen LogP contribution in [0.2, 0.25) is 0 Å². The van der Waals surface area contributed by atoms with Gasteiger partial charge in [-0.15, -0.1) is 5.10 Å². The fraction of sp³-hybridized carbons (Fsp3) is 0.455. The molecule has 10 nitrogen and oxygen atoms in total. The summed E-state index contributed by atoms with van der Waals surface area (Å²) in [6, 6.07) is 0. The van der Waals surface area contributed by atoms with Crippen molar-refractivity contribution in [2.24, 2.45) is 14.1 Å². The number of nitrogens with zero attached hydrogens (tertiary/aromatic N) is 6. The van der Waals surface area contributed by atoms with Crippen molar-refractivity contribution in [2.75, 3.05) is 5.75 Å². The van der Waals surface area contributed by atoms with Crippen LogP contribution in [-0.2, 0) is 25.4 Å². The number of tetrazole rings is 1. The molecule has 0 radical (unpaired) electrons. The van der Waals surface area contributed by atoms with Crippen molar-refractivity contribution in [1.82, 2.24) is 35.3 Å². The number of carboxylic acid groups (broad SMARTS) is 1. The predicted octanol–water partition coefficient (Wildman–Crippen LogP) is -0.560. The molecule has 0 aliphatic carbocycles. The highest BCUT2D eigenvalue weighted by Crippen LogP contribution is 2.13. The maximum atomic E-state index is 11.8. The Morgan fingerprint density at radius 2 is 2.14 bits per heavy atom. The Balaban J connectivity index is 1.79. The molecule has 0 atom stereocenters. The Bertz CT molecular complexity index is 681. The third-order valence-corrected chi connectivity index (χ3v) is 3.85. The van der Waals surface area contributed by atoms with Crippen molar-refractivity contribution in [3.05, 3.63) is 17.5 Å². The number of amides is 1. The van der Waals surface area contributed by atoms with E-state index in [2.05, 4.69) is 25.9 Å². The number of rotatable bonds is 7. The molecule has 2 N–H and O–H groups in total. The summed E-state index contributed by atoms with van der Waals surface area (Å²) in [7, 11) is 3.26. The van der Waals surface area contributed by atoms with Crippen molar-refractivity contribution in [2.45, 2.75) is 18.1 Å². The van der Waals surface area contributed by atoms with Gasteiger partial charge in [0.25, 0.3) is 0 Å². The molecule has 0 aliphatic heterocycles. The number of thioether (sulfide) groups is 1. The van der Waals surface area contributed by atoms with Gasteiger partial charge in [-0.25, -0.2) is 9.48 Å². The van der Waals surface area contributed by atoms with E-state index >= 15 is 0 Å². The van der Waals surface area contributed by atoms with Crippen LogP contribution in [-0.4, -0.2) is 52.7 Å². The minimum absolute atomic E-state index is 0.0693. The highest BCUT2D eigenvalue weighted by Gasteiger charge is 2.16. The molecule has 0 unspecified atom stereocenters. The van der Waals surface area contributed by atoms with Gasteiger partial charge in [0.15, 0.2) is 5.69 Å². The molecule has 2 rings (SSSR count). The summed E-state index contributed by atoms with van der Waals surface area (Å²) in [6.45, 7) is 0.129. The second-order valence-corrected chi connectivity index (χ2v) is 5.47. The second-order valence-electron chi connectivity index (χ2n) is 4.41. The first-order valence-corrected chi connectivity index (χ1v) is 7.33. The summed E-state index contributed by atoms with van der Waals surface area (Å²) in [6.07, 6.45) is 1.71. The molecule has 2 aromatic heterocycles. The monoisotopic (exact) mass is 325 g/mol. The average molecular weight is 325 g/mol. The quantitative estimate of drug-likeness (QED) is 0.648. The van der Waals surface area contributed by atoms with Gasteiger partial charge in [0.2, 0.25) is 11.1 Å². The first-order chi connectivity index (χ1) is 10.5. The average Bonchev–Trinajstić information content (AvgIpc) is 3.03. The number of carbonyl (C=O) groups excluding carboxylic acids is 1. The van der Waals surface area contributed by atoms with Crippen molar-refractivity contribution >= 4 is 23.6 Å². The fourth-order valence-electron chi connectivity index (χ4n) is 1.75. The highest BCUT2D eigenvalue weighted by atomic mass is 32.2. The molecule has 1 amide bonds. The molecule has 118 valence electrons. The standard InChI is InChI=1S/C11H15N7O3S/c1-17-9(10(20)21)7(6-13-17)5-12-8(19)3-4-22-11-14-15-16-18(11)2/h6H,3-5H2,1-2H3,(H,12,19)(H,20,21). The summed E-state index contributed by atoms with van der Waals surface area (Å²) in [5, 5.41) is 27.2. The van der Waals surface area contributed by atoms with Gasteiger partial charge < -0.3 is 10.4 Å². The number of carboxylic acids is 1. The Labute approximate surface area is 129 Å². The van der Waals surface area contributed by atoms with E-state index in [1.807, 2.05) is 0 Å². The van der Waals surface area contributed by atoms with E-state index in [4.69, 9.17) is 5.11 Å². The fourth-order valence-corrected chi connectivity index (χ4v) is 2.54. The third-order valence-electron chi connectivity index (χ3n) is 2.83. The van der Waals surface area contributed by atoms with E-state index < -0.39 is 5.97 Å². The molecular weight excluding hydrogens is 310 g/mol. The van der Waals surface area contributed by atoms with Crippen LogP contribution < -0.4 is 5.32 Å². The van der Waals surface area contributed by atoms with Gasteiger partial charge >= 0.3 is 5.97 Å². The zero-order valence-electron chi connectivity index (χ0n) is 12.1. The summed E-state index contributed by atoms with van der Waals surface area (Å²) in [5.74, 6) is -0.726. The SMILES string of the molecule is Cn1nnnc1SCCC(=O)NCc1cnn(C)c1C(=O)O. The van der Waals surface area contributed by atoms with Gasteiger partial charge in [-0.3, -0.25) is 9.48 Å². The summed E-state index contributed by atoms with van der Waals surface area (Å²) in [4.78, 5) is 22.8. The van der Waals surface area contributed by atoms with Crippen molar-refractivity contribution in [3.63, 3.8) is 0 Å². The Morgan fingerprint density at radius 3 is 2.77 bits per heavy atom. The molecule has 2 heterocycles. The minimum Gasteiger partial charge on any atom is -0.477 e. The Morgan fingerprint density at radius 1 is 1.36 bits per heavy atom. The molecule has 0 fully saturated rings. The van der Waals surface area contributed by atoms with Crippen LogP contribution in [0.5, 0.6) is 0 Å². The van der Waals surface area contributed by atoms with Crippen LogP contribution in [0.25, 0.3) is 0 Å². The smallest absolute Gasteiger partial charge is 0.354 e. The summed E-state index contributed by atoms with van der Waals surface area (Å²) >= 11 is 1.37. The van der Waals surface area contributed by atoms with Crippen LogP contribution in [0.3, 0.4) is 0 Å². The number of nitrogens with one attached hydrogen (secondary N) is 1. The maximum Gasteiger partial charge on any atom is 0.354 e. The van der Waals surface area contributed by atoms with Crippen molar-refractivity contribution < 1.29 is 14.7 Å². The second kappa shape index (κ2) is 7.02. The first kappa shape index (κ1) is 15.9. The summed E-state index contributed by atoms with van der Waals surface area (Å²) in [5.41, 5.74) is 0.535. The largest absolute Gasteiger partial charge is 0.477 e. The Hall–Kier alpha value is -2.43. The van der Waals surface area contributed by atoms with Gasteiger partial charge in [-0.1, -0.05) is 11.8 Å². The molecule has 22 heavy (non-hydrogen) atoms. The van der Waals surface area contributed by atoms with Gasteiger partial charge in [0, 0.05) is 38.4 Å². The number of hydrogen-bond acceptors (Lipinski definition) is 7. The molecule has 0 saturated heterocycles. The van der Waals surface area contributed by atoms with E-state index in [1.54, 1.807) is 14.1 Å². The third kappa shape index (κ3) is 3.81. The first-order valence-electron chi connectivity index (χ1n) is 6.35. The highest BCUT2D eigenvalue weighted by molar-refractivity contribution is 7.99. The van der Waals surface area contributed by atoms with Gasteiger partial charge in [0.05, 0.1) is 6.20 Å². The van der Waals surface area contributed by atoms with Gasteiger partial charge in [-0.2, -0.15) is 5.10 Å². The number of carbonyl (C=O) groups is 2. The predicted molar refractivity (Wildman–Crippen MR) is 76.2 cm³/mol. The van der Waals surface area contributed by atoms with Crippen molar-refractivity contribution in [1.29, 1.82) is 0 Å². The van der Waals surface area contributed by atoms with E-state index in [-0.39, 0.29) is 24.6 Å². The lowest BCUT2D eigenvalue weighted by molar-refractivity contribution is -0.120. The van der Waals surface area contributed by atoms with Crippen LogP contribution in [0.4, 0.5) is 0 Å². The number of hydrogen-bond donors (Lipinski definition) is 2. The van der Waals surface area contributed by atoms with E-state index in [1.165, 1.54) is 27.3 Å². The van der Waals surface area contributed by atoms with Crippen molar-refractivity contribution in [3.8, 4) is 0 Å². The maximum absolute atomic E-state index is 11.8. The normalized spacial score (nSPS) is 10.6. The number of aromatic carboxylic acids is 1. The minimum atomic E-state index is -1.07. The number of aryl methyl sites for hydroxylation is 2. The van der Waals surface area contributed by atoms with Crippen LogP contribution >= 0.6 is 11.8 Å². The molecule has 0 bridgehead atoms. The van der Waals surface area contributed by atoms with E-state index in [0.29, 0.717) is 16.5 Å². The zero-order valence-corrected chi connectivity index (χ0v) is 12.9. The van der Waals surface area contributed by atoms with Gasteiger partial charge in [-0.05, 0) is 10.4 Å². The lowest BCUT2D eigenvalue weighted by Crippen LogP contribution is -2.24. The van der Waals surface area contributed by atoms with E-state index in [9.17, 15) is 9.59 Å². The molecular formula is C11H15N7O3S. The Kier molecular flexibility index (Phi) is 5.09. The lowest BCUT2D eigenvalue weighted by Gasteiger charge is -2.05. The van der Waals surface area contributed by atoms with Gasteiger partial charge in [0.1, 0.15) is 0 Å². The lowest BCUT2D eigenvalue weighted by atomic mass is 10.2. The molecule has 11 heteroatoms. The molecule has 0 aliphatic rings. The topological polar surface area (TPSA) is 128 Å². The zero-order chi connectivity index (χ0) is 16.1. The molecule has 0 spiro atoms. The number of aromatic nitrogens is 6.